The van der Waals surface area contributed by atoms with Gasteiger partial charge in [0.05, 0.1) is 5.94 Å². The number of nitrogens with one attached hydrogen (secondary N) is 1. The molecule has 8 nitrogen and oxygen atoms in total. The summed E-state index contributed by atoms with van der Waals surface area (Å²) in [5.41, 5.74) is 2.02. The SMILES string of the molecule is CCN(CC)C(=O)C(C#N)=Cc1cccc(C(C)OC(=O)NC(Cc2ccc(Cl)cc2)B(O)O)c1. The average molecular weight is 498 g/mol. The van der Waals surface area contributed by atoms with E-state index >= 15 is 0 Å². The molecular weight excluding hydrogens is 469 g/mol. The lowest BCUT2D eigenvalue weighted by atomic mass is 9.76. The third-order valence-corrected chi connectivity index (χ3v) is 5.66. The second kappa shape index (κ2) is 13.5. The van der Waals surface area contributed by atoms with Gasteiger partial charge in [-0.25, -0.2) is 4.79 Å². The van der Waals surface area contributed by atoms with Crippen LogP contribution < -0.4 is 5.32 Å². The van der Waals surface area contributed by atoms with E-state index in [0.29, 0.717) is 29.2 Å². The quantitative estimate of drug-likeness (QED) is 0.262. The highest BCUT2D eigenvalue weighted by Gasteiger charge is 2.27. The van der Waals surface area contributed by atoms with Crippen molar-refractivity contribution < 1.29 is 24.4 Å². The van der Waals surface area contributed by atoms with Gasteiger partial charge in [-0.05, 0) is 68.2 Å². The molecule has 0 saturated heterocycles. The van der Waals surface area contributed by atoms with Crippen LogP contribution in [0.1, 0.15) is 43.6 Å². The molecule has 35 heavy (non-hydrogen) atoms. The maximum atomic E-state index is 12.5. The summed E-state index contributed by atoms with van der Waals surface area (Å²) >= 11 is 5.87. The first kappa shape index (κ1) is 27.9. The lowest BCUT2D eigenvalue weighted by molar-refractivity contribution is -0.126. The Kier molecular flexibility index (Phi) is 10.8. The summed E-state index contributed by atoms with van der Waals surface area (Å²) < 4.78 is 5.43. The van der Waals surface area contributed by atoms with Crippen LogP contribution in [-0.4, -0.2) is 53.1 Å². The first-order chi connectivity index (χ1) is 16.7. The number of carbonyl (C=O) groups excluding carboxylic acids is 2. The molecule has 0 aromatic heterocycles. The Balaban J connectivity index is 2.09. The third-order valence-electron chi connectivity index (χ3n) is 5.41. The molecule has 2 atom stereocenters. The number of rotatable bonds is 10. The van der Waals surface area contributed by atoms with Crippen LogP contribution in [0.5, 0.6) is 0 Å². The van der Waals surface area contributed by atoms with E-state index < -0.39 is 25.3 Å². The highest BCUT2D eigenvalue weighted by Crippen LogP contribution is 2.20. The van der Waals surface area contributed by atoms with Crippen molar-refractivity contribution in [2.45, 2.75) is 39.2 Å². The van der Waals surface area contributed by atoms with Gasteiger partial charge < -0.3 is 25.0 Å². The van der Waals surface area contributed by atoms with E-state index in [2.05, 4.69) is 5.32 Å². The minimum Gasteiger partial charge on any atom is -0.442 e. The lowest BCUT2D eigenvalue weighted by Gasteiger charge is -2.20. The van der Waals surface area contributed by atoms with Crippen molar-refractivity contribution in [1.29, 1.82) is 5.26 Å². The molecule has 2 rings (SSSR count). The Morgan fingerprint density at radius 3 is 2.43 bits per heavy atom. The topological polar surface area (TPSA) is 123 Å². The maximum absolute atomic E-state index is 12.5. The standard InChI is InChI=1S/C25H29BClN3O5/c1-4-30(5-2)24(31)21(16-28)14-19-7-6-8-20(13-19)17(3)35-25(32)29-23(26(33)34)15-18-9-11-22(27)12-10-18/h6-14,17,23,33-34H,4-5,15H2,1-3H3,(H,29,32). The molecule has 0 bridgehead atoms. The zero-order valence-electron chi connectivity index (χ0n) is 19.9. The second-order valence-corrected chi connectivity index (χ2v) is 8.30. The summed E-state index contributed by atoms with van der Waals surface area (Å²) in [5.74, 6) is -1.34. The average Bonchev–Trinajstić information content (AvgIpc) is 2.84. The second-order valence-electron chi connectivity index (χ2n) is 7.86. The summed E-state index contributed by atoms with van der Waals surface area (Å²) in [6.45, 7) is 6.35. The number of hydrogen-bond donors (Lipinski definition) is 3. The highest BCUT2D eigenvalue weighted by molar-refractivity contribution is 6.43. The van der Waals surface area contributed by atoms with Crippen LogP contribution in [-0.2, 0) is 16.0 Å². The van der Waals surface area contributed by atoms with Gasteiger partial charge in [0.15, 0.2) is 0 Å². The van der Waals surface area contributed by atoms with E-state index in [-0.39, 0.29) is 17.9 Å². The fourth-order valence-corrected chi connectivity index (χ4v) is 3.54. The van der Waals surface area contributed by atoms with Gasteiger partial charge in [-0.15, -0.1) is 0 Å². The van der Waals surface area contributed by atoms with Crippen molar-refractivity contribution in [3.05, 3.63) is 75.8 Å². The number of carbonyl (C=O) groups is 2. The first-order valence-electron chi connectivity index (χ1n) is 11.3. The predicted molar refractivity (Wildman–Crippen MR) is 135 cm³/mol. The van der Waals surface area contributed by atoms with E-state index in [1.54, 1.807) is 60.4 Å². The molecule has 3 N–H and O–H groups in total. The number of amides is 2. The van der Waals surface area contributed by atoms with Crippen LogP contribution in [0.2, 0.25) is 5.02 Å². The van der Waals surface area contributed by atoms with Crippen LogP contribution in [0.4, 0.5) is 4.79 Å². The molecule has 2 amide bonds. The Morgan fingerprint density at radius 1 is 1.20 bits per heavy atom. The molecule has 0 aliphatic heterocycles. The molecule has 0 heterocycles. The molecular formula is C25H29BClN3O5. The normalized spacial score (nSPS) is 12.8. The van der Waals surface area contributed by atoms with Crippen LogP contribution >= 0.6 is 11.6 Å². The van der Waals surface area contributed by atoms with Crippen LogP contribution in [0, 0.1) is 11.3 Å². The van der Waals surface area contributed by atoms with Gasteiger partial charge in [-0.2, -0.15) is 5.26 Å². The molecule has 2 aromatic rings. The van der Waals surface area contributed by atoms with Crippen molar-refractivity contribution in [2.75, 3.05) is 13.1 Å². The number of likely N-dealkylation sites (N-methyl/N-ethyl adjacent to an activating group) is 1. The number of benzene rings is 2. The molecule has 0 radical (unpaired) electrons. The molecule has 0 aliphatic carbocycles. The number of hydrogen-bond acceptors (Lipinski definition) is 6. The number of halogens is 1. The van der Waals surface area contributed by atoms with Crippen molar-refractivity contribution >= 4 is 36.8 Å². The van der Waals surface area contributed by atoms with Gasteiger partial charge in [-0.1, -0.05) is 41.9 Å². The molecule has 0 aliphatic rings. The fourth-order valence-electron chi connectivity index (χ4n) is 3.41. The maximum Gasteiger partial charge on any atom is 0.475 e. The van der Waals surface area contributed by atoms with Crippen molar-refractivity contribution in [2.24, 2.45) is 0 Å². The molecule has 2 unspecified atom stereocenters. The highest BCUT2D eigenvalue weighted by atomic mass is 35.5. The molecule has 0 fully saturated rings. The predicted octanol–water partition coefficient (Wildman–Crippen LogP) is 3.53. The van der Waals surface area contributed by atoms with Crippen LogP contribution in [0.25, 0.3) is 6.08 Å². The molecule has 184 valence electrons. The van der Waals surface area contributed by atoms with Gasteiger partial charge in [0.2, 0.25) is 0 Å². The van der Waals surface area contributed by atoms with E-state index in [1.807, 2.05) is 19.9 Å². The molecule has 0 spiro atoms. The summed E-state index contributed by atoms with van der Waals surface area (Å²) in [7, 11) is -1.80. The van der Waals surface area contributed by atoms with E-state index in [9.17, 15) is 24.9 Å². The largest absolute Gasteiger partial charge is 0.475 e. The third kappa shape index (κ3) is 8.44. The fraction of sp³-hybridized carbons (Fsp3) is 0.320. The summed E-state index contributed by atoms with van der Waals surface area (Å²) in [6, 6.07) is 15.7. The Morgan fingerprint density at radius 2 is 1.86 bits per heavy atom. The van der Waals surface area contributed by atoms with Gasteiger partial charge in [-0.3, -0.25) is 4.79 Å². The van der Waals surface area contributed by atoms with Gasteiger partial charge in [0, 0.05) is 18.1 Å². The van der Waals surface area contributed by atoms with Crippen molar-refractivity contribution in [1.82, 2.24) is 10.2 Å². The Labute approximate surface area is 210 Å². The minimum atomic E-state index is -1.80. The first-order valence-corrected chi connectivity index (χ1v) is 11.6. The zero-order chi connectivity index (χ0) is 26.0. The molecule has 10 heteroatoms. The number of nitriles is 1. The van der Waals surface area contributed by atoms with Gasteiger partial charge in [0.25, 0.3) is 5.91 Å². The van der Waals surface area contributed by atoms with E-state index in [1.165, 1.54) is 6.08 Å². The van der Waals surface area contributed by atoms with Gasteiger partial charge >= 0.3 is 13.2 Å². The zero-order valence-corrected chi connectivity index (χ0v) is 20.7. The van der Waals surface area contributed by atoms with Crippen molar-refractivity contribution in [3.63, 3.8) is 0 Å². The van der Waals surface area contributed by atoms with E-state index in [4.69, 9.17) is 16.3 Å². The van der Waals surface area contributed by atoms with Crippen molar-refractivity contribution in [3.8, 4) is 6.07 Å². The number of alkyl carbamates (subject to hydrolysis) is 1. The Bertz CT molecular complexity index is 1080. The molecule has 2 aromatic carbocycles. The lowest BCUT2D eigenvalue weighted by Crippen LogP contribution is -2.48. The number of ether oxygens (including phenoxy) is 1. The van der Waals surface area contributed by atoms with Crippen LogP contribution in [0.15, 0.2) is 54.1 Å². The van der Waals surface area contributed by atoms with E-state index in [0.717, 1.165) is 5.56 Å². The summed E-state index contributed by atoms with van der Waals surface area (Å²) in [6.07, 6.45) is 0.163. The number of nitrogens with zero attached hydrogens (tertiary/aromatic N) is 2. The Hall–Kier alpha value is -3.32. The molecule has 0 saturated carbocycles. The summed E-state index contributed by atoms with van der Waals surface area (Å²) in [4.78, 5) is 26.5. The monoisotopic (exact) mass is 497 g/mol. The van der Waals surface area contributed by atoms with Gasteiger partial charge in [0.1, 0.15) is 17.7 Å². The smallest absolute Gasteiger partial charge is 0.442 e. The summed E-state index contributed by atoms with van der Waals surface area (Å²) in [5, 5.41) is 31.9. The van der Waals surface area contributed by atoms with Crippen LogP contribution in [0.3, 0.4) is 0 Å². The minimum absolute atomic E-state index is 0.0131.